The Morgan fingerprint density at radius 3 is 2.59 bits per heavy atom. The van der Waals surface area contributed by atoms with Gasteiger partial charge in [-0.15, -0.1) is 0 Å². The fourth-order valence-electron chi connectivity index (χ4n) is 3.20. The van der Waals surface area contributed by atoms with Crippen molar-refractivity contribution in [1.82, 2.24) is 20.4 Å². The van der Waals surface area contributed by atoms with Gasteiger partial charge in [-0.1, -0.05) is 35.0 Å². The lowest BCUT2D eigenvalue weighted by atomic mass is 9.92. The van der Waals surface area contributed by atoms with Gasteiger partial charge in [-0.3, -0.25) is 9.69 Å². The molecule has 0 radical (unpaired) electrons. The monoisotopic (exact) mass is 412 g/mol. The molecular weight excluding hydrogens is 396 g/mol. The lowest BCUT2D eigenvalue weighted by Crippen LogP contribution is -2.41. The van der Waals surface area contributed by atoms with Crippen molar-refractivity contribution in [2.24, 2.45) is 0 Å². The average Bonchev–Trinajstić information content (AvgIpc) is 3.28. The average molecular weight is 413 g/mol. The van der Waals surface area contributed by atoms with Gasteiger partial charge in [0.2, 0.25) is 11.7 Å². The molecule has 0 bridgehead atoms. The fourth-order valence-corrected chi connectivity index (χ4v) is 3.53. The molecule has 1 N–H and O–H groups in total. The second-order valence-corrected chi connectivity index (χ2v) is 7.07. The molecule has 4 rings (SSSR count). The van der Waals surface area contributed by atoms with Crippen molar-refractivity contribution in [3.05, 3.63) is 65.0 Å². The number of carbonyl (C=O) groups is 2. The van der Waals surface area contributed by atoms with E-state index in [1.807, 2.05) is 0 Å². The molecule has 1 aromatic heterocycles. The van der Waals surface area contributed by atoms with Crippen LogP contribution >= 0.6 is 11.6 Å². The molecule has 1 aliphatic rings. The molecule has 1 saturated heterocycles. The lowest BCUT2D eigenvalue weighted by molar-refractivity contribution is -0.131. The number of ether oxygens (including phenoxy) is 1. The molecule has 1 aliphatic heterocycles. The Hall–Kier alpha value is -3.39. The predicted molar refractivity (Wildman–Crippen MR) is 104 cm³/mol. The Balaban J connectivity index is 1.56. The molecule has 1 unspecified atom stereocenters. The zero-order valence-corrected chi connectivity index (χ0v) is 16.4. The molecule has 0 saturated carbocycles. The Bertz CT molecular complexity index is 1080. The second kappa shape index (κ2) is 7.21. The van der Waals surface area contributed by atoms with Crippen LogP contribution in [-0.2, 0) is 16.9 Å². The van der Waals surface area contributed by atoms with Crippen LogP contribution in [0.15, 0.2) is 53.1 Å². The fraction of sp³-hybridized carbons (Fsp3) is 0.200. The minimum atomic E-state index is -1.27. The summed E-state index contributed by atoms with van der Waals surface area (Å²) in [5.74, 6) is 0.752. The number of rotatable bonds is 5. The summed E-state index contributed by atoms with van der Waals surface area (Å²) in [7, 11) is 1.58. The van der Waals surface area contributed by atoms with Gasteiger partial charge in [0.05, 0.1) is 7.11 Å². The number of halogens is 1. The van der Waals surface area contributed by atoms with Crippen molar-refractivity contribution in [2.45, 2.75) is 19.0 Å². The maximum atomic E-state index is 13.0. The normalized spacial score (nSPS) is 18.8. The number of amides is 3. The van der Waals surface area contributed by atoms with Crippen LogP contribution in [0.2, 0.25) is 5.02 Å². The standard InChI is InChI=1S/C20H17ClN4O4/c1-20(14-5-3-4-6-15(14)21)18(26)25(19(27)23-20)11-16-22-17(24-29-16)12-7-9-13(28-2)10-8-12/h3-10H,11H2,1-2H3,(H,23,27). The highest BCUT2D eigenvalue weighted by Crippen LogP contribution is 2.34. The lowest BCUT2D eigenvalue weighted by Gasteiger charge is -2.23. The molecule has 2 heterocycles. The van der Waals surface area contributed by atoms with Crippen LogP contribution in [0.1, 0.15) is 18.4 Å². The summed E-state index contributed by atoms with van der Waals surface area (Å²) in [5, 5.41) is 7.03. The first kappa shape index (κ1) is 18.9. The largest absolute Gasteiger partial charge is 0.497 e. The van der Waals surface area contributed by atoms with Crippen molar-refractivity contribution < 1.29 is 18.8 Å². The number of hydrogen-bond donors (Lipinski definition) is 1. The highest BCUT2D eigenvalue weighted by Gasteiger charge is 2.50. The van der Waals surface area contributed by atoms with Crippen LogP contribution in [0.25, 0.3) is 11.4 Å². The first-order valence-corrected chi connectivity index (χ1v) is 9.16. The van der Waals surface area contributed by atoms with E-state index in [0.717, 1.165) is 10.5 Å². The third kappa shape index (κ3) is 3.31. The molecule has 3 amide bonds. The second-order valence-electron chi connectivity index (χ2n) is 6.67. The SMILES string of the molecule is COc1ccc(-c2noc(CN3C(=O)NC(C)(c4ccccc4Cl)C3=O)n2)cc1. The number of aromatic nitrogens is 2. The maximum Gasteiger partial charge on any atom is 0.325 e. The number of nitrogens with one attached hydrogen (secondary N) is 1. The molecule has 9 heteroatoms. The highest BCUT2D eigenvalue weighted by atomic mass is 35.5. The van der Waals surface area contributed by atoms with E-state index in [4.69, 9.17) is 20.9 Å². The first-order valence-electron chi connectivity index (χ1n) is 8.78. The van der Waals surface area contributed by atoms with Crippen molar-refractivity contribution in [3.8, 4) is 17.1 Å². The number of benzene rings is 2. The molecule has 2 aromatic carbocycles. The van der Waals surface area contributed by atoms with Crippen molar-refractivity contribution in [3.63, 3.8) is 0 Å². The van der Waals surface area contributed by atoms with Crippen LogP contribution in [-0.4, -0.2) is 34.1 Å². The van der Waals surface area contributed by atoms with E-state index < -0.39 is 17.5 Å². The molecule has 0 aliphatic carbocycles. The smallest absolute Gasteiger partial charge is 0.325 e. The Morgan fingerprint density at radius 2 is 1.90 bits per heavy atom. The summed E-state index contributed by atoms with van der Waals surface area (Å²) in [4.78, 5) is 30.8. The maximum absolute atomic E-state index is 13.0. The molecule has 148 valence electrons. The molecule has 29 heavy (non-hydrogen) atoms. The van der Waals surface area contributed by atoms with E-state index in [1.165, 1.54) is 0 Å². The topological polar surface area (TPSA) is 97.6 Å². The van der Waals surface area contributed by atoms with Gasteiger partial charge < -0.3 is 14.6 Å². The molecule has 0 spiro atoms. The summed E-state index contributed by atoms with van der Waals surface area (Å²) in [6, 6.07) is 13.5. The number of urea groups is 1. The number of hydrogen-bond acceptors (Lipinski definition) is 6. The number of carbonyl (C=O) groups excluding carboxylic acids is 2. The van der Waals surface area contributed by atoms with Gasteiger partial charge in [-0.05, 0) is 37.3 Å². The van der Waals surface area contributed by atoms with Crippen LogP contribution in [0.4, 0.5) is 4.79 Å². The van der Waals surface area contributed by atoms with Crippen molar-refractivity contribution >= 4 is 23.5 Å². The molecule has 3 aromatic rings. The van der Waals surface area contributed by atoms with E-state index in [-0.39, 0.29) is 12.4 Å². The highest BCUT2D eigenvalue weighted by molar-refractivity contribution is 6.32. The summed E-state index contributed by atoms with van der Waals surface area (Å²) in [6.45, 7) is 1.47. The Kier molecular flexibility index (Phi) is 4.71. The summed E-state index contributed by atoms with van der Waals surface area (Å²) < 4.78 is 10.4. The van der Waals surface area contributed by atoms with Crippen LogP contribution < -0.4 is 10.1 Å². The van der Waals surface area contributed by atoms with Gasteiger partial charge in [0.25, 0.3) is 5.91 Å². The number of nitrogens with zero attached hydrogens (tertiary/aromatic N) is 3. The van der Waals surface area contributed by atoms with E-state index >= 15 is 0 Å². The summed E-state index contributed by atoms with van der Waals surface area (Å²) >= 11 is 6.24. The van der Waals surface area contributed by atoms with Crippen LogP contribution in [0.5, 0.6) is 5.75 Å². The molecule has 1 atom stereocenters. The third-order valence-electron chi connectivity index (χ3n) is 4.80. The quantitative estimate of drug-likeness (QED) is 0.645. The van der Waals surface area contributed by atoms with Gasteiger partial charge in [0.1, 0.15) is 17.8 Å². The van der Waals surface area contributed by atoms with Gasteiger partial charge in [0, 0.05) is 16.1 Å². The minimum Gasteiger partial charge on any atom is -0.497 e. The third-order valence-corrected chi connectivity index (χ3v) is 5.13. The van der Waals surface area contributed by atoms with E-state index in [0.29, 0.717) is 22.2 Å². The van der Waals surface area contributed by atoms with Crippen molar-refractivity contribution in [1.29, 1.82) is 0 Å². The van der Waals surface area contributed by atoms with E-state index in [2.05, 4.69) is 15.5 Å². The first-order chi connectivity index (χ1) is 13.9. The Labute approximate surface area is 171 Å². The van der Waals surface area contributed by atoms with Gasteiger partial charge in [-0.2, -0.15) is 4.98 Å². The Morgan fingerprint density at radius 1 is 1.17 bits per heavy atom. The van der Waals surface area contributed by atoms with Crippen LogP contribution in [0.3, 0.4) is 0 Å². The molecule has 1 fully saturated rings. The van der Waals surface area contributed by atoms with Gasteiger partial charge in [-0.25, -0.2) is 4.79 Å². The number of methoxy groups -OCH3 is 1. The minimum absolute atomic E-state index is 0.141. The van der Waals surface area contributed by atoms with E-state index in [1.54, 1.807) is 62.6 Å². The number of imide groups is 1. The van der Waals surface area contributed by atoms with Crippen LogP contribution in [0, 0.1) is 0 Å². The van der Waals surface area contributed by atoms with Crippen molar-refractivity contribution in [2.75, 3.05) is 7.11 Å². The molecular formula is C20H17ClN4O4. The molecule has 8 nitrogen and oxygen atoms in total. The van der Waals surface area contributed by atoms with E-state index in [9.17, 15) is 9.59 Å². The zero-order chi connectivity index (χ0) is 20.6. The van der Waals surface area contributed by atoms with Gasteiger partial charge in [0.15, 0.2) is 0 Å². The van der Waals surface area contributed by atoms with Gasteiger partial charge >= 0.3 is 6.03 Å². The summed E-state index contributed by atoms with van der Waals surface area (Å²) in [5.41, 5.74) is -0.0280. The summed E-state index contributed by atoms with van der Waals surface area (Å²) in [6.07, 6.45) is 0. The predicted octanol–water partition coefficient (Wildman–Crippen LogP) is 3.37. The zero-order valence-electron chi connectivity index (χ0n) is 15.7.